The number of aryl methyl sites for hydroxylation is 2. The van der Waals surface area contributed by atoms with Crippen LogP contribution in [0.1, 0.15) is 41.1 Å². The predicted octanol–water partition coefficient (Wildman–Crippen LogP) is 3.26. The van der Waals surface area contributed by atoms with Crippen LogP contribution in [0.5, 0.6) is 5.75 Å². The molecule has 2 unspecified atom stereocenters. The van der Waals surface area contributed by atoms with Crippen molar-refractivity contribution in [2.24, 2.45) is 9.50 Å². The molecule has 148 valence electrons. The molecule has 9 heteroatoms. The number of phenolic OH excluding ortho intramolecular Hbond substituents is 1. The second-order valence-electron chi connectivity index (χ2n) is 7.07. The highest BCUT2D eigenvalue weighted by atomic mass is 32.2. The summed E-state index contributed by atoms with van der Waals surface area (Å²) in [4.78, 5) is 11.8. The van der Waals surface area contributed by atoms with Crippen LogP contribution in [0, 0.1) is 11.6 Å². The third-order valence-corrected chi connectivity index (χ3v) is 6.65. The molecule has 2 aromatic carbocycles. The van der Waals surface area contributed by atoms with Gasteiger partial charge in [-0.15, -0.1) is 4.36 Å². The molecule has 0 saturated carbocycles. The Morgan fingerprint density at radius 2 is 2.00 bits per heavy atom. The number of carbonyl (C=O) groups excluding carboxylic acids is 1. The van der Waals surface area contributed by atoms with Gasteiger partial charge in [0.1, 0.15) is 27.3 Å². The van der Waals surface area contributed by atoms with Crippen molar-refractivity contribution in [3.8, 4) is 5.75 Å². The number of rotatable bonds is 2. The molecule has 4 rings (SSSR count). The Labute approximate surface area is 161 Å². The van der Waals surface area contributed by atoms with Gasteiger partial charge in [0.2, 0.25) is 0 Å². The van der Waals surface area contributed by atoms with E-state index in [1.807, 2.05) is 6.07 Å². The quantitative estimate of drug-likeness (QED) is 0.712. The second kappa shape index (κ2) is 6.82. The van der Waals surface area contributed by atoms with Crippen molar-refractivity contribution in [2.75, 3.05) is 0 Å². The fourth-order valence-electron chi connectivity index (χ4n) is 4.02. The lowest BCUT2D eigenvalue weighted by molar-refractivity contribution is 0.245. The first-order chi connectivity index (χ1) is 13.3. The number of hydrogen-bond donors (Lipinski definition) is 3. The van der Waals surface area contributed by atoms with E-state index in [0.29, 0.717) is 30.4 Å². The summed E-state index contributed by atoms with van der Waals surface area (Å²) < 4.78 is 44.8. The van der Waals surface area contributed by atoms with Crippen LogP contribution in [-0.2, 0) is 29.2 Å². The zero-order valence-corrected chi connectivity index (χ0v) is 15.7. The van der Waals surface area contributed by atoms with E-state index in [0.717, 1.165) is 42.2 Å². The monoisotopic (exact) mass is 407 g/mol. The predicted molar refractivity (Wildman–Crippen MR) is 99.1 cm³/mol. The fraction of sp³-hybridized carbons (Fsp3) is 0.316. The average molecular weight is 407 g/mol. The number of benzene rings is 2. The summed E-state index contributed by atoms with van der Waals surface area (Å²) in [6.07, 6.45) is 3.56. The number of aromatic hydroxyl groups is 1. The molecule has 28 heavy (non-hydrogen) atoms. The molecule has 0 spiro atoms. The molecule has 2 amide bonds. The van der Waals surface area contributed by atoms with Gasteiger partial charge in [-0.25, -0.2) is 22.9 Å². The molecule has 0 bridgehead atoms. The lowest BCUT2D eigenvalue weighted by Gasteiger charge is -2.15. The molecule has 2 aliphatic carbocycles. The maximum atomic E-state index is 14.9. The van der Waals surface area contributed by atoms with Crippen LogP contribution in [0.2, 0.25) is 0 Å². The zero-order chi connectivity index (χ0) is 20.1. The Morgan fingerprint density at radius 1 is 1.21 bits per heavy atom. The lowest BCUT2D eigenvalue weighted by Crippen LogP contribution is -2.27. The normalized spacial score (nSPS) is 19.6. The van der Waals surface area contributed by atoms with Crippen LogP contribution in [0.3, 0.4) is 0 Å². The standard InChI is InChI=1S/C19H19F2N3O3S/c20-14-9-12(25)5-7-16(14)28(22,27)24-19(26)23-15-6-4-11-8-10-2-1-3-13(10)18(21)17(11)15/h5,7-9,15,25H,1-4,6H2,(H3,22,23,24,26,27). The number of hydrogen-bond acceptors (Lipinski definition) is 3. The van der Waals surface area contributed by atoms with Gasteiger partial charge >= 0.3 is 6.03 Å². The smallest absolute Gasteiger partial charge is 0.350 e. The summed E-state index contributed by atoms with van der Waals surface area (Å²) in [5.74, 6) is -1.69. The van der Waals surface area contributed by atoms with E-state index in [-0.39, 0.29) is 11.6 Å². The van der Waals surface area contributed by atoms with Crippen LogP contribution < -0.4 is 10.5 Å². The summed E-state index contributed by atoms with van der Waals surface area (Å²) in [7, 11) is -3.86. The van der Waals surface area contributed by atoms with Gasteiger partial charge in [-0.1, -0.05) is 6.07 Å². The maximum Gasteiger partial charge on any atom is 0.350 e. The van der Waals surface area contributed by atoms with Gasteiger partial charge in [0.25, 0.3) is 0 Å². The van der Waals surface area contributed by atoms with Crippen molar-refractivity contribution in [2.45, 2.75) is 43.0 Å². The summed E-state index contributed by atoms with van der Waals surface area (Å²) in [5, 5.41) is 17.4. The lowest BCUT2D eigenvalue weighted by atomic mass is 9.99. The van der Waals surface area contributed by atoms with Crippen molar-refractivity contribution in [1.82, 2.24) is 5.32 Å². The molecule has 0 radical (unpaired) electrons. The molecule has 4 N–H and O–H groups in total. The van der Waals surface area contributed by atoms with Crippen LogP contribution in [0.25, 0.3) is 0 Å². The Morgan fingerprint density at radius 3 is 2.75 bits per heavy atom. The number of nitrogens with zero attached hydrogens (tertiary/aromatic N) is 1. The molecule has 2 aromatic rings. The molecule has 0 fully saturated rings. The highest BCUT2D eigenvalue weighted by molar-refractivity contribution is 7.91. The van der Waals surface area contributed by atoms with Crippen LogP contribution >= 0.6 is 0 Å². The minimum atomic E-state index is -3.86. The highest BCUT2D eigenvalue weighted by Crippen LogP contribution is 2.39. The van der Waals surface area contributed by atoms with E-state index >= 15 is 0 Å². The second-order valence-corrected chi connectivity index (χ2v) is 8.83. The number of nitrogens with one attached hydrogen (secondary N) is 1. The van der Waals surface area contributed by atoms with E-state index in [9.17, 15) is 22.9 Å². The number of halogens is 2. The summed E-state index contributed by atoms with van der Waals surface area (Å²) in [6, 6.07) is 3.24. The van der Waals surface area contributed by atoms with Crippen LogP contribution in [0.4, 0.5) is 13.6 Å². The van der Waals surface area contributed by atoms with Crippen molar-refractivity contribution in [3.05, 3.63) is 58.2 Å². The molecular weight excluding hydrogens is 388 g/mol. The molecule has 6 nitrogen and oxygen atoms in total. The zero-order valence-electron chi connectivity index (χ0n) is 14.9. The van der Waals surface area contributed by atoms with Gasteiger partial charge in [-0.2, -0.15) is 0 Å². The molecular formula is C19H19F2N3O3S. The minimum Gasteiger partial charge on any atom is -0.508 e. The van der Waals surface area contributed by atoms with E-state index in [4.69, 9.17) is 5.14 Å². The van der Waals surface area contributed by atoms with E-state index < -0.39 is 32.7 Å². The number of fused-ring (bicyclic) bond motifs is 2. The van der Waals surface area contributed by atoms with E-state index in [1.165, 1.54) is 0 Å². The number of amides is 2. The van der Waals surface area contributed by atoms with Crippen molar-refractivity contribution in [3.63, 3.8) is 0 Å². The van der Waals surface area contributed by atoms with Crippen LogP contribution in [0.15, 0.2) is 33.5 Å². The Balaban J connectivity index is 1.61. The summed E-state index contributed by atoms with van der Waals surface area (Å²) in [5.41, 5.74) is 3.04. The molecule has 0 aliphatic heterocycles. The third kappa shape index (κ3) is 3.24. The van der Waals surface area contributed by atoms with Gasteiger partial charge in [0.15, 0.2) is 0 Å². The number of urea groups is 1. The first-order valence-corrected chi connectivity index (χ1v) is 10.5. The topological polar surface area (TPSA) is 105 Å². The Bertz CT molecular complexity index is 1110. The minimum absolute atomic E-state index is 0.286. The third-order valence-electron chi connectivity index (χ3n) is 5.25. The number of nitrogens with two attached hydrogens (primary N) is 1. The number of carbonyl (C=O) groups is 1. The fourth-order valence-corrected chi connectivity index (χ4v) is 5.01. The molecule has 0 saturated heterocycles. The van der Waals surface area contributed by atoms with E-state index in [2.05, 4.69) is 9.68 Å². The number of phenols is 1. The Hall–Kier alpha value is -2.52. The van der Waals surface area contributed by atoms with Crippen molar-refractivity contribution < 1.29 is 22.9 Å². The average Bonchev–Trinajstić information content (AvgIpc) is 3.21. The molecule has 2 aliphatic rings. The molecule has 0 heterocycles. The van der Waals surface area contributed by atoms with Gasteiger partial charge in [0.05, 0.1) is 10.9 Å². The van der Waals surface area contributed by atoms with Gasteiger partial charge in [0, 0.05) is 11.6 Å². The van der Waals surface area contributed by atoms with Gasteiger partial charge < -0.3 is 10.4 Å². The maximum absolute atomic E-state index is 14.9. The highest BCUT2D eigenvalue weighted by Gasteiger charge is 2.31. The van der Waals surface area contributed by atoms with Crippen molar-refractivity contribution >= 4 is 15.9 Å². The molecule has 0 aromatic heterocycles. The first kappa shape index (κ1) is 18.8. The Kier molecular flexibility index (Phi) is 4.59. The van der Waals surface area contributed by atoms with E-state index in [1.54, 1.807) is 0 Å². The first-order valence-electron chi connectivity index (χ1n) is 8.93. The van der Waals surface area contributed by atoms with Gasteiger partial charge in [-0.3, -0.25) is 0 Å². The molecule has 2 atom stereocenters. The van der Waals surface area contributed by atoms with Crippen LogP contribution in [-0.4, -0.2) is 15.3 Å². The largest absolute Gasteiger partial charge is 0.508 e. The SMILES string of the molecule is NS(=O)(=NC(=O)NC1CCc2cc3c(c(F)c21)CCC3)c1ccc(O)cc1F. The van der Waals surface area contributed by atoms with Gasteiger partial charge in [-0.05, 0) is 60.9 Å². The van der Waals surface area contributed by atoms with Crippen molar-refractivity contribution in [1.29, 1.82) is 0 Å². The summed E-state index contributed by atoms with van der Waals surface area (Å²) in [6.45, 7) is 0. The summed E-state index contributed by atoms with van der Waals surface area (Å²) >= 11 is 0.